The van der Waals surface area contributed by atoms with Gasteiger partial charge in [-0.05, 0) is 49.9 Å². The highest BCUT2D eigenvalue weighted by molar-refractivity contribution is 7.89. The van der Waals surface area contributed by atoms with Crippen molar-refractivity contribution in [1.82, 2.24) is 9.21 Å². The molecule has 0 aromatic heterocycles. The Morgan fingerprint density at radius 3 is 2.17 bits per heavy atom. The van der Waals surface area contributed by atoms with Crippen LogP contribution in [0.3, 0.4) is 0 Å². The molecule has 1 saturated carbocycles. The molecule has 5 nitrogen and oxygen atoms in total. The Labute approximate surface area is 145 Å². The Morgan fingerprint density at radius 2 is 1.58 bits per heavy atom. The Morgan fingerprint density at radius 1 is 1.00 bits per heavy atom. The lowest BCUT2D eigenvalue weighted by Crippen LogP contribution is -2.51. The van der Waals surface area contributed by atoms with Crippen LogP contribution in [-0.4, -0.2) is 57.0 Å². The highest BCUT2D eigenvalue weighted by Crippen LogP contribution is 2.31. The van der Waals surface area contributed by atoms with Crippen molar-refractivity contribution in [3.63, 3.8) is 0 Å². The number of methoxy groups -OCH3 is 1. The monoisotopic (exact) mass is 352 g/mol. The Bertz CT molecular complexity index is 688. The SMILES string of the molecule is COc1cc(C)c(C)cc1S(=O)(=O)N1CCN(C2CCCC2)CC1. The fourth-order valence-corrected chi connectivity index (χ4v) is 5.49. The summed E-state index contributed by atoms with van der Waals surface area (Å²) in [7, 11) is -1.98. The van der Waals surface area contributed by atoms with Crippen molar-refractivity contribution in [3.05, 3.63) is 23.3 Å². The van der Waals surface area contributed by atoms with Crippen molar-refractivity contribution in [3.8, 4) is 5.75 Å². The zero-order valence-electron chi connectivity index (χ0n) is 14.9. The van der Waals surface area contributed by atoms with E-state index in [0.717, 1.165) is 24.2 Å². The summed E-state index contributed by atoms with van der Waals surface area (Å²) < 4.78 is 33.1. The molecule has 0 atom stereocenters. The Hall–Kier alpha value is -1.11. The van der Waals surface area contributed by atoms with E-state index in [4.69, 9.17) is 4.74 Å². The van der Waals surface area contributed by atoms with Gasteiger partial charge in [-0.15, -0.1) is 0 Å². The standard InChI is InChI=1S/C18H28N2O3S/c1-14-12-17(23-3)18(13-15(14)2)24(21,22)20-10-8-19(9-11-20)16-6-4-5-7-16/h12-13,16H,4-11H2,1-3H3. The van der Waals surface area contributed by atoms with Crippen molar-refractivity contribution in [2.45, 2.75) is 50.5 Å². The predicted molar refractivity (Wildman–Crippen MR) is 95.1 cm³/mol. The molecule has 0 N–H and O–H groups in total. The number of hydrogen-bond acceptors (Lipinski definition) is 4. The Balaban J connectivity index is 1.78. The third-order valence-electron chi connectivity index (χ3n) is 5.51. The molecule has 3 rings (SSSR count). The second-order valence-electron chi connectivity index (χ2n) is 6.97. The number of rotatable bonds is 4. The van der Waals surface area contributed by atoms with E-state index in [-0.39, 0.29) is 0 Å². The zero-order chi connectivity index (χ0) is 17.3. The molecule has 0 spiro atoms. The predicted octanol–water partition coefficient (Wildman–Crippen LogP) is 2.56. The highest BCUT2D eigenvalue weighted by atomic mass is 32.2. The lowest BCUT2D eigenvalue weighted by molar-refractivity contribution is 0.139. The van der Waals surface area contributed by atoms with E-state index in [1.54, 1.807) is 10.4 Å². The molecule has 0 bridgehead atoms. The molecule has 134 valence electrons. The van der Waals surface area contributed by atoms with Gasteiger partial charge in [0.25, 0.3) is 0 Å². The summed E-state index contributed by atoms with van der Waals surface area (Å²) in [5, 5.41) is 0. The average Bonchev–Trinajstić information content (AvgIpc) is 3.11. The topological polar surface area (TPSA) is 49.9 Å². The first-order valence-electron chi connectivity index (χ1n) is 8.83. The first kappa shape index (κ1) is 17.7. The van der Waals surface area contributed by atoms with E-state index in [1.165, 1.54) is 32.8 Å². The number of ether oxygens (including phenoxy) is 1. The maximum absolute atomic E-state index is 13.1. The Kier molecular flexibility index (Phi) is 5.18. The smallest absolute Gasteiger partial charge is 0.246 e. The van der Waals surface area contributed by atoms with Crippen molar-refractivity contribution in [1.29, 1.82) is 0 Å². The second-order valence-corrected chi connectivity index (χ2v) is 8.87. The molecule has 1 heterocycles. The molecule has 2 fully saturated rings. The summed E-state index contributed by atoms with van der Waals surface area (Å²) in [4.78, 5) is 2.76. The molecule has 24 heavy (non-hydrogen) atoms. The van der Waals surface area contributed by atoms with Crippen molar-refractivity contribution >= 4 is 10.0 Å². The first-order valence-corrected chi connectivity index (χ1v) is 10.3. The fraction of sp³-hybridized carbons (Fsp3) is 0.667. The van der Waals surface area contributed by atoms with E-state index in [0.29, 0.717) is 29.8 Å². The minimum Gasteiger partial charge on any atom is -0.495 e. The van der Waals surface area contributed by atoms with E-state index in [1.807, 2.05) is 19.9 Å². The molecule has 2 aliphatic rings. The first-order chi connectivity index (χ1) is 11.4. The normalized spacial score (nSPS) is 21.3. The molecule has 1 aromatic carbocycles. The molecular formula is C18H28N2O3S. The molecule has 1 saturated heterocycles. The van der Waals surface area contributed by atoms with Crippen LogP contribution in [-0.2, 0) is 10.0 Å². The number of benzene rings is 1. The number of sulfonamides is 1. The maximum atomic E-state index is 13.1. The van der Waals surface area contributed by atoms with Crippen LogP contribution in [0.25, 0.3) is 0 Å². The van der Waals surface area contributed by atoms with Gasteiger partial charge in [0.05, 0.1) is 7.11 Å². The highest BCUT2D eigenvalue weighted by Gasteiger charge is 2.33. The zero-order valence-corrected chi connectivity index (χ0v) is 15.7. The molecule has 1 aliphatic heterocycles. The summed E-state index contributed by atoms with van der Waals surface area (Å²) in [5.74, 6) is 0.441. The molecule has 0 unspecified atom stereocenters. The van der Waals surface area contributed by atoms with Gasteiger partial charge >= 0.3 is 0 Å². The minimum absolute atomic E-state index is 0.294. The number of nitrogens with zero attached hydrogens (tertiary/aromatic N) is 2. The molecule has 6 heteroatoms. The molecule has 1 aromatic rings. The van der Waals surface area contributed by atoms with Crippen LogP contribution in [0.4, 0.5) is 0 Å². The molecule has 1 aliphatic carbocycles. The van der Waals surface area contributed by atoms with Gasteiger partial charge in [-0.1, -0.05) is 12.8 Å². The van der Waals surface area contributed by atoms with E-state index in [9.17, 15) is 8.42 Å². The minimum atomic E-state index is -3.51. The van der Waals surface area contributed by atoms with Gasteiger partial charge < -0.3 is 4.74 Å². The third kappa shape index (κ3) is 3.32. The van der Waals surface area contributed by atoms with Gasteiger partial charge in [0.1, 0.15) is 10.6 Å². The van der Waals surface area contributed by atoms with Crippen LogP contribution in [0.1, 0.15) is 36.8 Å². The van der Waals surface area contributed by atoms with Crippen molar-refractivity contribution in [2.24, 2.45) is 0 Å². The van der Waals surface area contributed by atoms with Crippen LogP contribution in [0.5, 0.6) is 5.75 Å². The summed E-state index contributed by atoms with van der Waals surface area (Å²) in [6.07, 6.45) is 5.14. The fourth-order valence-electron chi connectivity index (χ4n) is 3.84. The van der Waals surface area contributed by atoms with Gasteiger partial charge in [0.2, 0.25) is 10.0 Å². The summed E-state index contributed by atoms with van der Waals surface area (Å²) in [6, 6.07) is 4.22. The van der Waals surface area contributed by atoms with Crippen LogP contribution >= 0.6 is 0 Å². The molecule has 0 radical (unpaired) electrons. The van der Waals surface area contributed by atoms with Crippen molar-refractivity contribution < 1.29 is 13.2 Å². The molecular weight excluding hydrogens is 324 g/mol. The maximum Gasteiger partial charge on any atom is 0.246 e. The average molecular weight is 353 g/mol. The second kappa shape index (κ2) is 7.02. The van der Waals surface area contributed by atoms with Crippen LogP contribution in [0.2, 0.25) is 0 Å². The van der Waals surface area contributed by atoms with Gasteiger partial charge in [-0.2, -0.15) is 4.31 Å². The summed E-state index contributed by atoms with van der Waals surface area (Å²) in [6.45, 7) is 6.69. The lowest BCUT2D eigenvalue weighted by atomic mass is 10.1. The number of hydrogen-bond donors (Lipinski definition) is 0. The van der Waals surface area contributed by atoms with Gasteiger partial charge in [-0.3, -0.25) is 4.90 Å². The van der Waals surface area contributed by atoms with Crippen LogP contribution in [0.15, 0.2) is 17.0 Å². The summed E-state index contributed by atoms with van der Waals surface area (Å²) >= 11 is 0. The molecule has 0 amide bonds. The van der Waals surface area contributed by atoms with E-state index < -0.39 is 10.0 Å². The van der Waals surface area contributed by atoms with Crippen LogP contribution < -0.4 is 4.74 Å². The third-order valence-corrected chi connectivity index (χ3v) is 7.43. The van der Waals surface area contributed by atoms with Gasteiger partial charge in [0, 0.05) is 32.2 Å². The van der Waals surface area contributed by atoms with E-state index >= 15 is 0 Å². The van der Waals surface area contributed by atoms with E-state index in [2.05, 4.69) is 4.90 Å². The van der Waals surface area contributed by atoms with Crippen LogP contribution in [0, 0.1) is 13.8 Å². The number of piperazine rings is 1. The summed E-state index contributed by atoms with van der Waals surface area (Å²) in [5.41, 5.74) is 2.01. The van der Waals surface area contributed by atoms with Gasteiger partial charge in [0.15, 0.2) is 0 Å². The number of aryl methyl sites for hydroxylation is 2. The van der Waals surface area contributed by atoms with Gasteiger partial charge in [-0.25, -0.2) is 8.42 Å². The largest absolute Gasteiger partial charge is 0.495 e. The van der Waals surface area contributed by atoms with Crippen molar-refractivity contribution in [2.75, 3.05) is 33.3 Å². The quantitative estimate of drug-likeness (QED) is 0.836. The lowest BCUT2D eigenvalue weighted by Gasteiger charge is -2.37.